The van der Waals surface area contributed by atoms with Gasteiger partial charge in [0.2, 0.25) is 0 Å². The molecular weight excluding hydrogens is 214 g/mol. The fourth-order valence-electron chi connectivity index (χ4n) is 1.99. The monoisotopic (exact) mass is 231 g/mol. The van der Waals surface area contributed by atoms with Crippen LogP contribution in [0.15, 0.2) is 12.1 Å². The van der Waals surface area contributed by atoms with Gasteiger partial charge in [-0.2, -0.15) is 4.52 Å². The maximum atomic E-state index is 4.55. The number of hydrogen-bond acceptors (Lipinski definition) is 4. The van der Waals surface area contributed by atoms with Gasteiger partial charge in [-0.3, -0.25) is 0 Å². The first-order valence-electron chi connectivity index (χ1n) is 6.14. The van der Waals surface area contributed by atoms with E-state index in [4.69, 9.17) is 0 Å². The van der Waals surface area contributed by atoms with Crippen LogP contribution in [0.2, 0.25) is 0 Å². The minimum Gasteiger partial charge on any atom is -0.358 e. The van der Waals surface area contributed by atoms with Gasteiger partial charge in [-0.1, -0.05) is 12.8 Å². The number of aryl methyl sites for hydroxylation is 1. The van der Waals surface area contributed by atoms with Crippen LogP contribution >= 0.6 is 0 Å². The van der Waals surface area contributed by atoms with Crippen LogP contribution in [0.1, 0.15) is 25.1 Å². The van der Waals surface area contributed by atoms with Crippen molar-refractivity contribution in [3.8, 4) is 0 Å². The summed E-state index contributed by atoms with van der Waals surface area (Å²) in [7, 11) is 2.09. The average molecular weight is 231 g/mol. The number of nitrogens with zero attached hydrogens (tertiary/aromatic N) is 5. The van der Waals surface area contributed by atoms with Crippen LogP contribution in [0.5, 0.6) is 0 Å². The molecule has 0 radical (unpaired) electrons. The number of rotatable bonds is 4. The van der Waals surface area contributed by atoms with E-state index in [1.807, 2.05) is 19.1 Å². The van der Waals surface area contributed by atoms with Gasteiger partial charge in [0.05, 0.1) is 0 Å². The van der Waals surface area contributed by atoms with Crippen LogP contribution < -0.4 is 4.90 Å². The van der Waals surface area contributed by atoms with E-state index >= 15 is 0 Å². The molecule has 0 amide bonds. The molecule has 17 heavy (non-hydrogen) atoms. The SMILES string of the molecule is Cc1nnc2ccc(N(C)CCC3CC3)nn12. The van der Waals surface area contributed by atoms with Crippen LogP contribution in [-0.4, -0.2) is 33.4 Å². The second-order valence-corrected chi connectivity index (χ2v) is 4.86. The van der Waals surface area contributed by atoms with Crippen molar-refractivity contribution in [1.29, 1.82) is 0 Å². The zero-order valence-electron chi connectivity index (χ0n) is 10.3. The summed E-state index contributed by atoms with van der Waals surface area (Å²) in [6.07, 6.45) is 4.09. The molecule has 90 valence electrons. The number of fused-ring (bicyclic) bond motifs is 1. The number of anilines is 1. The average Bonchev–Trinajstić information content (AvgIpc) is 3.11. The Hall–Kier alpha value is -1.65. The normalized spacial score (nSPS) is 15.4. The first-order chi connectivity index (χ1) is 8.24. The topological polar surface area (TPSA) is 46.3 Å². The summed E-state index contributed by atoms with van der Waals surface area (Å²) < 4.78 is 1.79. The highest BCUT2D eigenvalue weighted by molar-refractivity contribution is 5.45. The summed E-state index contributed by atoms with van der Waals surface area (Å²) >= 11 is 0. The van der Waals surface area contributed by atoms with E-state index in [9.17, 15) is 0 Å². The molecule has 1 aliphatic rings. The van der Waals surface area contributed by atoms with Gasteiger partial charge in [-0.25, -0.2) is 0 Å². The summed E-state index contributed by atoms with van der Waals surface area (Å²) in [5, 5.41) is 12.6. The van der Waals surface area contributed by atoms with E-state index in [0.29, 0.717) is 0 Å². The van der Waals surface area contributed by atoms with E-state index < -0.39 is 0 Å². The largest absolute Gasteiger partial charge is 0.358 e. The van der Waals surface area contributed by atoms with Crippen molar-refractivity contribution in [2.45, 2.75) is 26.2 Å². The molecule has 1 saturated carbocycles. The van der Waals surface area contributed by atoms with Crippen molar-refractivity contribution >= 4 is 11.5 Å². The summed E-state index contributed by atoms with van der Waals surface area (Å²) in [4.78, 5) is 2.21. The number of aromatic nitrogens is 4. The predicted molar refractivity (Wildman–Crippen MR) is 66.1 cm³/mol. The molecule has 0 N–H and O–H groups in total. The first-order valence-corrected chi connectivity index (χ1v) is 6.14. The van der Waals surface area contributed by atoms with Crippen LogP contribution in [0.25, 0.3) is 5.65 Å². The molecular formula is C12H17N5. The Morgan fingerprint density at radius 3 is 2.94 bits per heavy atom. The quantitative estimate of drug-likeness (QED) is 0.803. The standard InChI is InChI=1S/C12H17N5/c1-9-13-14-11-5-6-12(15-17(9)11)16(2)8-7-10-3-4-10/h5-6,10H,3-4,7-8H2,1-2H3. The summed E-state index contributed by atoms with van der Waals surface area (Å²) in [5.41, 5.74) is 0.807. The smallest absolute Gasteiger partial charge is 0.178 e. The van der Waals surface area contributed by atoms with E-state index in [0.717, 1.165) is 29.8 Å². The van der Waals surface area contributed by atoms with E-state index in [1.165, 1.54) is 19.3 Å². The fourth-order valence-corrected chi connectivity index (χ4v) is 1.99. The van der Waals surface area contributed by atoms with Crippen molar-refractivity contribution in [1.82, 2.24) is 19.8 Å². The summed E-state index contributed by atoms with van der Waals surface area (Å²) in [6, 6.07) is 3.98. The number of hydrogen-bond donors (Lipinski definition) is 0. The molecule has 2 aromatic heterocycles. The summed E-state index contributed by atoms with van der Waals surface area (Å²) in [5.74, 6) is 2.77. The van der Waals surface area contributed by atoms with Crippen molar-refractivity contribution in [3.63, 3.8) is 0 Å². The Kier molecular flexibility index (Phi) is 2.46. The predicted octanol–water partition coefficient (Wildman–Crippen LogP) is 1.67. The van der Waals surface area contributed by atoms with Crippen LogP contribution in [0, 0.1) is 12.8 Å². The second kappa shape index (κ2) is 3.98. The van der Waals surface area contributed by atoms with Crippen molar-refractivity contribution in [2.75, 3.05) is 18.5 Å². The van der Waals surface area contributed by atoms with Gasteiger partial charge >= 0.3 is 0 Å². The van der Waals surface area contributed by atoms with E-state index in [-0.39, 0.29) is 0 Å². The lowest BCUT2D eigenvalue weighted by atomic mass is 10.3. The van der Waals surface area contributed by atoms with Gasteiger partial charge in [-0.15, -0.1) is 15.3 Å². The summed E-state index contributed by atoms with van der Waals surface area (Å²) in [6.45, 7) is 2.99. The Labute approximate surface area is 100 Å². The van der Waals surface area contributed by atoms with Gasteiger partial charge in [0.1, 0.15) is 5.82 Å². The molecule has 0 saturated heterocycles. The third-order valence-corrected chi connectivity index (χ3v) is 3.37. The molecule has 0 bridgehead atoms. The van der Waals surface area contributed by atoms with Crippen molar-refractivity contribution in [3.05, 3.63) is 18.0 Å². The Bertz CT molecular complexity index is 529. The molecule has 0 atom stereocenters. The van der Waals surface area contributed by atoms with Gasteiger partial charge in [0.15, 0.2) is 11.5 Å². The highest BCUT2D eigenvalue weighted by Gasteiger charge is 2.21. The molecule has 0 unspecified atom stereocenters. The lowest BCUT2D eigenvalue weighted by molar-refractivity contribution is 0.699. The van der Waals surface area contributed by atoms with Crippen molar-refractivity contribution in [2.24, 2.45) is 5.92 Å². The molecule has 2 heterocycles. The van der Waals surface area contributed by atoms with Gasteiger partial charge in [-0.05, 0) is 31.4 Å². The molecule has 5 nitrogen and oxygen atoms in total. The van der Waals surface area contributed by atoms with Gasteiger partial charge in [0.25, 0.3) is 0 Å². The molecule has 3 rings (SSSR count). The molecule has 0 spiro atoms. The van der Waals surface area contributed by atoms with Gasteiger partial charge in [0, 0.05) is 13.6 Å². The van der Waals surface area contributed by atoms with Crippen LogP contribution in [0.4, 0.5) is 5.82 Å². The Morgan fingerprint density at radius 2 is 2.18 bits per heavy atom. The van der Waals surface area contributed by atoms with E-state index in [2.05, 4.69) is 27.2 Å². The Morgan fingerprint density at radius 1 is 1.35 bits per heavy atom. The highest BCUT2D eigenvalue weighted by Crippen LogP contribution is 2.32. The third-order valence-electron chi connectivity index (χ3n) is 3.37. The minimum atomic E-state index is 0.807. The van der Waals surface area contributed by atoms with Crippen molar-refractivity contribution < 1.29 is 0 Å². The zero-order valence-corrected chi connectivity index (χ0v) is 10.3. The third kappa shape index (κ3) is 2.09. The second-order valence-electron chi connectivity index (χ2n) is 4.86. The highest BCUT2D eigenvalue weighted by atomic mass is 15.4. The van der Waals surface area contributed by atoms with Crippen LogP contribution in [0.3, 0.4) is 0 Å². The molecule has 1 aliphatic carbocycles. The van der Waals surface area contributed by atoms with Crippen LogP contribution in [-0.2, 0) is 0 Å². The molecule has 0 aromatic carbocycles. The van der Waals surface area contributed by atoms with Gasteiger partial charge < -0.3 is 4.90 Å². The molecule has 2 aromatic rings. The zero-order chi connectivity index (χ0) is 11.8. The lowest BCUT2D eigenvalue weighted by Crippen LogP contribution is -2.21. The first kappa shape index (κ1) is 10.5. The Balaban J connectivity index is 1.80. The maximum absolute atomic E-state index is 4.55. The fraction of sp³-hybridized carbons (Fsp3) is 0.583. The molecule has 5 heteroatoms. The lowest BCUT2D eigenvalue weighted by Gasteiger charge is -2.17. The molecule has 1 fully saturated rings. The minimum absolute atomic E-state index is 0.807. The van der Waals surface area contributed by atoms with E-state index in [1.54, 1.807) is 4.52 Å². The maximum Gasteiger partial charge on any atom is 0.178 e. The molecule has 0 aliphatic heterocycles.